The minimum absolute atomic E-state index is 0.0425. The summed E-state index contributed by atoms with van der Waals surface area (Å²) in [4.78, 5) is 26.3. The monoisotopic (exact) mass is 502 g/mol. The molecule has 0 bridgehead atoms. The van der Waals surface area contributed by atoms with Crippen molar-refractivity contribution in [2.75, 3.05) is 26.0 Å². The molecular formula is C22H22N4O6S2. The number of amides is 3. The third-order valence-corrected chi connectivity index (χ3v) is 7.45. The smallest absolute Gasteiger partial charge is 0.418 e. The maximum atomic E-state index is 12.6. The van der Waals surface area contributed by atoms with Gasteiger partial charge in [-0.3, -0.25) is 5.41 Å². The molecule has 178 valence electrons. The second-order valence-electron chi connectivity index (χ2n) is 7.56. The number of sulfonamides is 1. The molecule has 1 aliphatic rings. The molecule has 2 heterocycles. The summed E-state index contributed by atoms with van der Waals surface area (Å²) in [6.07, 6.45) is -0.755. The van der Waals surface area contributed by atoms with Crippen molar-refractivity contribution in [2.24, 2.45) is 5.73 Å². The number of nitrogen functional groups attached to an aromatic ring is 1. The number of hydrogen-bond acceptors (Lipinski definition) is 8. The molecule has 1 aromatic heterocycles. The molecule has 0 spiro atoms. The van der Waals surface area contributed by atoms with Gasteiger partial charge in [0.25, 0.3) is 0 Å². The van der Waals surface area contributed by atoms with Crippen LogP contribution in [0.1, 0.15) is 16.5 Å². The van der Waals surface area contributed by atoms with Crippen molar-refractivity contribution in [2.45, 2.75) is 6.10 Å². The Hall–Kier alpha value is -3.64. The molecule has 1 atom stereocenters. The topological polar surface area (TPSA) is 143 Å². The number of ether oxygens (including phenoxy) is 2. The van der Waals surface area contributed by atoms with Crippen molar-refractivity contribution < 1.29 is 27.5 Å². The summed E-state index contributed by atoms with van der Waals surface area (Å²) in [6.45, 7) is -0.431. The number of carbonyl (C=O) groups is 2. The number of nitrogens with two attached hydrogens (primary N) is 1. The molecule has 1 unspecified atom stereocenters. The standard InChI is InChI=1S/C22H22N4O6S2/c1-34(29,30)26-11-10-25(21(26)27)22(28)31-13-17(14-6-3-2-4-7-14)32-16-8-5-9-18-15(16)12-19(33-18)20(23)24/h2-9,12,17H,10-11,13H2,1H3,(H3,23,24). The van der Waals surface area contributed by atoms with Crippen LogP contribution in [-0.4, -0.2) is 61.5 Å². The highest BCUT2D eigenvalue weighted by Gasteiger charge is 2.39. The van der Waals surface area contributed by atoms with Crippen LogP contribution < -0.4 is 10.5 Å². The molecule has 0 aliphatic carbocycles. The Kier molecular flexibility index (Phi) is 6.44. The van der Waals surface area contributed by atoms with Gasteiger partial charge in [-0.2, -0.15) is 0 Å². The van der Waals surface area contributed by atoms with Gasteiger partial charge in [0.1, 0.15) is 18.2 Å². The molecule has 1 fully saturated rings. The van der Waals surface area contributed by atoms with E-state index < -0.39 is 28.3 Å². The zero-order valence-corrected chi connectivity index (χ0v) is 19.8. The molecule has 0 radical (unpaired) electrons. The number of thiophene rings is 1. The van der Waals surface area contributed by atoms with Gasteiger partial charge in [-0.05, 0) is 23.8 Å². The van der Waals surface area contributed by atoms with Crippen LogP contribution in [-0.2, 0) is 14.8 Å². The summed E-state index contributed by atoms with van der Waals surface area (Å²) < 4.78 is 36.5. The molecule has 4 rings (SSSR count). The van der Waals surface area contributed by atoms with E-state index in [-0.39, 0.29) is 25.5 Å². The van der Waals surface area contributed by atoms with Crippen LogP contribution in [0.4, 0.5) is 9.59 Å². The van der Waals surface area contributed by atoms with Crippen LogP contribution in [0.15, 0.2) is 54.6 Å². The molecule has 0 saturated carbocycles. The Balaban J connectivity index is 1.54. The number of hydrogen-bond donors (Lipinski definition) is 2. The fraction of sp³-hybridized carbons (Fsp3) is 0.227. The largest absolute Gasteiger partial charge is 0.481 e. The molecule has 2 aromatic carbocycles. The number of nitrogens with one attached hydrogen (secondary N) is 1. The number of fused-ring (bicyclic) bond motifs is 1. The number of benzene rings is 2. The van der Waals surface area contributed by atoms with Gasteiger partial charge in [-0.25, -0.2) is 27.2 Å². The Morgan fingerprint density at radius 3 is 2.56 bits per heavy atom. The highest BCUT2D eigenvalue weighted by molar-refractivity contribution is 7.88. The van der Waals surface area contributed by atoms with Crippen LogP contribution >= 0.6 is 11.3 Å². The second-order valence-corrected chi connectivity index (χ2v) is 10.5. The predicted octanol–water partition coefficient (Wildman–Crippen LogP) is 3.14. The highest BCUT2D eigenvalue weighted by Crippen LogP contribution is 2.35. The Labute approximate surface area is 200 Å². The van der Waals surface area contributed by atoms with Crippen LogP contribution in [0.2, 0.25) is 0 Å². The Morgan fingerprint density at radius 2 is 1.91 bits per heavy atom. The lowest BCUT2D eigenvalue weighted by Crippen LogP contribution is -2.39. The zero-order valence-electron chi connectivity index (χ0n) is 18.1. The molecule has 1 saturated heterocycles. The third kappa shape index (κ3) is 4.82. The summed E-state index contributed by atoms with van der Waals surface area (Å²) >= 11 is 1.37. The quantitative estimate of drug-likeness (QED) is 0.373. The van der Waals surface area contributed by atoms with Crippen molar-refractivity contribution in [3.05, 3.63) is 65.0 Å². The first kappa shape index (κ1) is 23.5. The molecule has 34 heavy (non-hydrogen) atoms. The maximum Gasteiger partial charge on any atom is 0.418 e. The number of urea groups is 1. The molecule has 3 aromatic rings. The summed E-state index contributed by atoms with van der Waals surface area (Å²) in [5.41, 5.74) is 6.37. The van der Waals surface area contributed by atoms with Crippen molar-refractivity contribution in [3.63, 3.8) is 0 Å². The SMILES string of the molecule is CS(=O)(=O)N1CCN(C(=O)OCC(Oc2cccc3sc(C(=N)N)cc23)c2ccccc2)C1=O. The van der Waals surface area contributed by atoms with Crippen LogP contribution in [0, 0.1) is 5.41 Å². The van der Waals surface area contributed by atoms with Gasteiger partial charge < -0.3 is 15.2 Å². The molecule has 10 nitrogen and oxygen atoms in total. The van der Waals surface area contributed by atoms with Crippen molar-refractivity contribution in [1.29, 1.82) is 5.41 Å². The fourth-order valence-electron chi connectivity index (χ4n) is 3.51. The lowest BCUT2D eigenvalue weighted by molar-refractivity contribution is 0.0671. The average molecular weight is 503 g/mol. The van der Waals surface area contributed by atoms with E-state index in [0.29, 0.717) is 14.9 Å². The normalized spacial score (nSPS) is 14.9. The number of amidine groups is 1. The first-order chi connectivity index (χ1) is 16.1. The van der Waals surface area contributed by atoms with E-state index in [1.807, 2.05) is 42.5 Å². The van der Waals surface area contributed by atoms with Gasteiger partial charge in [0.05, 0.1) is 24.2 Å². The molecule has 1 aliphatic heterocycles. The first-order valence-electron chi connectivity index (χ1n) is 10.2. The fourth-order valence-corrected chi connectivity index (χ4v) is 5.24. The summed E-state index contributed by atoms with van der Waals surface area (Å²) in [5.74, 6) is 0.478. The number of nitrogens with zero attached hydrogens (tertiary/aromatic N) is 2. The number of imide groups is 1. The van der Waals surface area contributed by atoms with Crippen molar-refractivity contribution >= 4 is 49.4 Å². The summed E-state index contributed by atoms with van der Waals surface area (Å²) in [5, 5.41) is 8.46. The summed E-state index contributed by atoms with van der Waals surface area (Å²) in [6, 6.07) is 15.4. The van der Waals surface area contributed by atoms with Gasteiger partial charge >= 0.3 is 12.1 Å². The summed E-state index contributed by atoms with van der Waals surface area (Å²) in [7, 11) is -3.77. The van der Waals surface area contributed by atoms with E-state index in [1.165, 1.54) is 11.3 Å². The van der Waals surface area contributed by atoms with Crippen LogP contribution in [0.25, 0.3) is 10.1 Å². The first-order valence-corrected chi connectivity index (χ1v) is 12.9. The van der Waals surface area contributed by atoms with Gasteiger partial charge in [0, 0.05) is 10.1 Å². The van der Waals surface area contributed by atoms with Crippen molar-refractivity contribution in [1.82, 2.24) is 9.21 Å². The second kappa shape index (κ2) is 9.31. The molecule has 12 heteroatoms. The molecule has 3 amide bonds. The van der Waals surface area contributed by atoms with Gasteiger partial charge in [0.2, 0.25) is 10.0 Å². The third-order valence-electron chi connectivity index (χ3n) is 5.18. The minimum Gasteiger partial charge on any atom is -0.481 e. The zero-order chi connectivity index (χ0) is 24.5. The lowest BCUT2D eigenvalue weighted by Gasteiger charge is -2.22. The lowest BCUT2D eigenvalue weighted by atomic mass is 10.1. The van der Waals surface area contributed by atoms with Gasteiger partial charge in [-0.15, -0.1) is 11.3 Å². The number of carbonyl (C=O) groups excluding carboxylic acids is 2. The highest BCUT2D eigenvalue weighted by atomic mass is 32.2. The van der Waals surface area contributed by atoms with E-state index in [4.69, 9.17) is 20.6 Å². The predicted molar refractivity (Wildman–Crippen MR) is 128 cm³/mol. The Morgan fingerprint density at radius 1 is 1.18 bits per heavy atom. The maximum absolute atomic E-state index is 12.6. The van der Waals surface area contributed by atoms with E-state index >= 15 is 0 Å². The van der Waals surface area contributed by atoms with Gasteiger partial charge in [-0.1, -0.05) is 36.4 Å². The number of rotatable bonds is 7. The van der Waals surface area contributed by atoms with E-state index in [9.17, 15) is 18.0 Å². The molecule has 3 N–H and O–H groups in total. The van der Waals surface area contributed by atoms with E-state index in [0.717, 1.165) is 26.8 Å². The van der Waals surface area contributed by atoms with Crippen LogP contribution in [0.5, 0.6) is 5.75 Å². The van der Waals surface area contributed by atoms with Crippen LogP contribution in [0.3, 0.4) is 0 Å². The molecular weight excluding hydrogens is 480 g/mol. The van der Waals surface area contributed by atoms with E-state index in [2.05, 4.69) is 0 Å². The Bertz CT molecular complexity index is 1360. The minimum atomic E-state index is -3.77. The average Bonchev–Trinajstić information content (AvgIpc) is 3.41. The van der Waals surface area contributed by atoms with E-state index in [1.54, 1.807) is 12.1 Å². The van der Waals surface area contributed by atoms with Crippen molar-refractivity contribution in [3.8, 4) is 5.75 Å². The van der Waals surface area contributed by atoms with Gasteiger partial charge in [0.15, 0.2) is 6.10 Å².